The van der Waals surface area contributed by atoms with Gasteiger partial charge < -0.3 is 16.0 Å². The second-order valence-electron chi connectivity index (χ2n) is 6.40. The van der Waals surface area contributed by atoms with Crippen molar-refractivity contribution in [3.8, 4) is 0 Å². The summed E-state index contributed by atoms with van der Waals surface area (Å²) in [5.41, 5.74) is 1.38. The molecule has 3 atom stereocenters. The second-order valence-corrected chi connectivity index (χ2v) is 6.40. The first kappa shape index (κ1) is 17.8. The molecule has 0 radical (unpaired) electrons. The van der Waals surface area contributed by atoms with Crippen molar-refractivity contribution in [3.63, 3.8) is 0 Å². The minimum atomic E-state index is -0.0533. The Morgan fingerprint density at radius 3 is 2.48 bits per heavy atom. The molecular formula is C17H24ClN3O2. The Kier molecular flexibility index (Phi) is 6.02. The number of rotatable bonds is 4. The third-order valence-electron chi connectivity index (χ3n) is 4.49. The van der Waals surface area contributed by atoms with Gasteiger partial charge in [-0.25, -0.2) is 0 Å². The molecular weight excluding hydrogens is 314 g/mol. The van der Waals surface area contributed by atoms with Crippen LogP contribution in [0.25, 0.3) is 0 Å². The lowest BCUT2D eigenvalue weighted by Crippen LogP contribution is -2.45. The Morgan fingerprint density at radius 2 is 1.91 bits per heavy atom. The Bertz CT molecular complexity index is 555. The first-order valence-electron chi connectivity index (χ1n) is 8.06. The average molecular weight is 338 g/mol. The van der Waals surface area contributed by atoms with Gasteiger partial charge in [-0.15, -0.1) is 12.4 Å². The molecule has 1 aromatic carbocycles. The van der Waals surface area contributed by atoms with Gasteiger partial charge in [0.25, 0.3) is 5.91 Å². The number of amides is 2. The van der Waals surface area contributed by atoms with Crippen molar-refractivity contribution in [3.05, 3.63) is 29.8 Å². The molecule has 1 aliphatic carbocycles. The molecule has 1 aromatic rings. The van der Waals surface area contributed by atoms with Gasteiger partial charge in [-0.3, -0.25) is 9.59 Å². The molecule has 126 valence electrons. The molecule has 23 heavy (non-hydrogen) atoms. The van der Waals surface area contributed by atoms with E-state index in [1.807, 2.05) is 0 Å². The molecule has 0 bridgehead atoms. The van der Waals surface area contributed by atoms with Gasteiger partial charge in [0.2, 0.25) is 5.91 Å². The molecule has 2 fully saturated rings. The van der Waals surface area contributed by atoms with Crippen LogP contribution in [0.4, 0.5) is 5.69 Å². The SMILES string of the molecule is CC1CC1C(=O)Nc1ccc(C(=O)N[C@H]2CCCNC2)cc1.Cl. The van der Waals surface area contributed by atoms with E-state index in [0.717, 1.165) is 38.0 Å². The fraction of sp³-hybridized carbons (Fsp3) is 0.529. The van der Waals surface area contributed by atoms with E-state index in [2.05, 4.69) is 22.9 Å². The highest BCUT2D eigenvalue weighted by Crippen LogP contribution is 2.38. The van der Waals surface area contributed by atoms with Crippen LogP contribution in [0.3, 0.4) is 0 Å². The molecule has 2 unspecified atom stereocenters. The molecule has 1 saturated carbocycles. The highest BCUT2D eigenvalue weighted by molar-refractivity contribution is 5.97. The standard InChI is InChI=1S/C17H23N3O2.ClH/c1-11-9-15(11)17(22)19-13-6-4-12(5-7-13)16(21)20-14-3-2-8-18-10-14;/h4-7,11,14-15,18H,2-3,8-10H2,1H3,(H,19,22)(H,20,21);1H/t11?,14-,15?;/m0./s1. The van der Waals surface area contributed by atoms with Crippen LogP contribution in [-0.4, -0.2) is 30.9 Å². The summed E-state index contributed by atoms with van der Waals surface area (Å²) in [6.45, 7) is 3.94. The molecule has 0 spiro atoms. The van der Waals surface area contributed by atoms with Crippen LogP contribution >= 0.6 is 12.4 Å². The smallest absolute Gasteiger partial charge is 0.251 e. The molecule has 3 rings (SSSR count). The normalized spacial score (nSPS) is 25.9. The van der Waals surface area contributed by atoms with Crippen LogP contribution in [0.15, 0.2) is 24.3 Å². The topological polar surface area (TPSA) is 70.2 Å². The molecule has 0 aromatic heterocycles. The maximum Gasteiger partial charge on any atom is 0.251 e. The fourth-order valence-electron chi connectivity index (χ4n) is 2.87. The number of nitrogens with one attached hydrogen (secondary N) is 3. The minimum absolute atomic E-state index is 0. The lowest BCUT2D eigenvalue weighted by atomic mass is 10.1. The Hall–Kier alpha value is -1.59. The summed E-state index contributed by atoms with van der Waals surface area (Å²) < 4.78 is 0. The third kappa shape index (κ3) is 4.69. The zero-order valence-corrected chi connectivity index (χ0v) is 14.1. The number of anilines is 1. The van der Waals surface area contributed by atoms with Gasteiger partial charge >= 0.3 is 0 Å². The van der Waals surface area contributed by atoms with Crippen molar-refractivity contribution >= 4 is 29.9 Å². The van der Waals surface area contributed by atoms with E-state index in [9.17, 15) is 9.59 Å². The maximum atomic E-state index is 12.2. The fourth-order valence-corrected chi connectivity index (χ4v) is 2.87. The van der Waals surface area contributed by atoms with Crippen LogP contribution < -0.4 is 16.0 Å². The summed E-state index contributed by atoms with van der Waals surface area (Å²) in [4.78, 5) is 24.1. The van der Waals surface area contributed by atoms with Gasteiger partial charge in [0.05, 0.1) is 0 Å². The number of carbonyl (C=O) groups excluding carboxylic acids is 2. The zero-order valence-electron chi connectivity index (χ0n) is 13.3. The van der Waals surface area contributed by atoms with Crippen molar-refractivity contribution in [2.24, 2.45) is 11.8 Å². The quantitative estimate of drug-likeness (QED) is 0.788. The van der Waals surface area contributed by atoms with Gasteiger partial charge in [0.15, 0.2) is 0 Å². The van der Waals surface area contributed by atoms with E-state index in [1.54, 1.807) is 24.3 Å². The molecule has 5 nitrogen and oxygen atoms in total. The van der Waals surface area contributed by atoms with E-state index in [0.29, 0.717) is 11.5 Å². The lowest BCUT2D eigenvalue weighted by molar-refractivity contribution is -0.117. The number of piperidine rings is 1. The average Bonchev–Trinajstić information content (AvgIpc) is 3.26. The van der Waals surface area contributed by atoms with Crippen LogP contribution in [0.5, 0.6) is 0 Å². The molecule has 1 saturated heterocycles. The Labute approximate surface area is 143 Å². The summed E-state index contributed by atoms with van der Waals surface area (Å²) in [6.07, 6.45) is 3.09. The summed E-state index contributed by atoms with van der Waals surface area (Å²) >= 11 is 0. The predicted octanol–water partition coefficient (Wildman–Crippen LogP) is 2.18. The zero-order chi connectivity index (χ0) is 15.5. The van der Waals surface area contributed by atoms with Crippen molar-refractivity contribution < 1.29 is 9.59 Å². The van der Waals surface area contributed by atoms with E-state index < -0.39 is 0 Å². The number of hydrogen-bond donors (Lipinski definition) is 3. The Morgan fingerprint density at radius 1 is 1.22 bits per heavy atom. The van der Waals surface area contributed by atoms with Gasteiger partial charge in [0, 0.05) is 29.8 Å². The van der Waals surface area contributed by atoms with Gasteiger partial charge in [0.1, 0.15) is 0 Å². The summed E-state index contributed by atoms with van der Waals surface area (Å²) in [7, 11) is 0. The number of benzene rings is 1. The lowest BCUT2D eigenvalue weighted by Gasteiger charge is -2.23. The number of carbonyl (C=O) groups is 2. The largest absolute Gasteiger partial charge is 0.348 e. The highest BCUT2D eigenvalue weighted by atomic mass is 35.5. The monoisotopic (exact) mass is 337 g/mol. The number of hydrogen-bond acceptors (Lipinski definition) is 3. The van der Waals surface area contributed by atoms with Crippen LogP contribution in [0, 0.1) is 11.8 Å². The van der Waals surface area contributed by atoms with Crippen LogP contribution in [0.2, 0.25) is 0 Å². The van der Waals surface area contributed by atoms with E-state index >= 15 is 0 Å². The first-order chi connectivity index (χ1) is 10.6. The third-order valence-corrected chi connectivity index (χ3v) is 4.49. The molecule has 6 heteroatoms. The molecule has 3 N–H and O–H groups in total. The van der Waals surface area contributed by atoms with Gasteiger partial charge in [-0.05, 0) is 56.0 Å². The Balaban J connectivity index is 0.00000192. The van der Waals surface area contributed by atoms with Crippen molar-refractivity contribution in [2.45, 2.75) is 32.2 Å². The van der Waals surface area contributed by atoms with E-state index in [-0.39, 0.29) is 36.2 Å². The van der Waals surface area contributed by atoms with Crippen LogP contribution in [0.1, 0.15) is 36.5 Å². The van der Waals surface area contributed by atoms with Crippen molar-refractivity contribution in [1.82, 2.24) is 10.6 Å². The van der Waals surface area contributed by atoms with E-state index in [4.69, 9.17) is 0 Å². The first-order valence-corrected chi connectivity index (χ1v) is 8.06. The van der Waals surface area contributed by atoms with Crippen molar-refractivity contribution in [2.75, 3.05) is 18.4 Å². The maximum absolute atomic E-state index is 12.2. The van der Waals surface area contributed by atoms with Crippen LogP contribution in [-0.2, 0) is 4.79 Å². The molecule has 2 aliphatic rings. The molecule has 2 amide bonds. The summed E-state index contributed by atoms with van der Waals surface area (Å²) in [6, 6.07) is 7.31. The highest BCUT2D eigenvalue weighted by Gasteiger charge is 2.39. The number of halogens is 1. The van der Waals surface area contributed by atoms with Crippen molar-refractivity contribution in [1.29, 1.82) is 0 Å². The molecule has 1 heterocycles. The van der Waals surface area contributed by atoms with Gasteiger partial charge in [-0.2, -0.15) is 0 Å². The van der Waals surface area contributed by atoms with E-state index in [1.165, 1.54) is 0 Å². The molecule has 1 aliphatic heterocycles. The minimum Gasteiger partial charge on any atom is -0.348 e. The summed E-state index contributed by atoms with van der Waals surface area (Å²) in [5, 5.41) is 9.22. The predicted molar refractivity (Wildman–Crippen MR) is 92.9 cm³/mol. The van der Waals surface area contributed by atoms with Gasteiger partial charge in [-0.1, -0.05) is 6.92 Å². The summed E-state index contributed by atoms with van der Waals surface area (Å²) in [5.74, 6) is 0.677. The second kappa shape index (κ2) is 7.79.